The highest BCUT2D eigenvalue weighted by atomic mass is 16.3. The molecule has 0 saturated heterocycles. The van der Waals surface area contributed by atoms with Crippen LogP contribution in [0, 0.1) is 0 Å². The molecule has 0 aromatic heterocycles. The van der Waals surface area contributed by atoms with Gasteiger partial charge in [0.2, 0.25) is 0 Å². The molecule has 116 valence electrons. The average molecular weight is 272 g/mol. The number of aliphatic hydroxyl groups excluding tert-OH is 2. The van der Waals surface area contributed by atoms with Gasteiger partial charge in [0, 0.05) is 0 Å². The van der Waals surface area contributed by atoms with Gasteiger partial charge >= 0.3 is 0 Å². The molecule has 2 nitrogen and oxygen atoms in total. The molecule has 19 heavy (non-hydrogen) atoms. The lowest BCUT2D eigenvalue weighted by molar-refractivity contribution is 0.0680. The Kier molecular flexibility index (Phi) is 14.3. The van der Waals surface area contributed by atoms with Crippen LogP contribution in [0.4, 0.5) is 0 Å². The highest BCUT2D eigenvalue weighted by Crippen LogP contribution is 2.14. The van der Waals surface area contributed by atoms with E-state index in [0.717, 1.165) is 25.7 Å². The number of hydrogen-bond acceptors (Lipinski definition) is 2. The summed E-state index contributed by atoms with van der Waals surface area (Å²) >= 11 is 0. The number of unbranched alkanes of at least 4 members (excludes halogenated alkanes) is 8. The number of aliphatic hydroxyl groups is 2. The Morgan fingerprint density at radius 1 is 0.579 bits per heavy atom. The van der Waals surface area contributed by atoms with E-state index >= 15 is 0 Å². The fourth-order valence-corrected chi connectivity index (χ4v) is 2.52. The summed E-state index contributed by atoms with van der Waals surface area (Å²) in [5.74, 6) is 0. The van der Waals surface area contributed by atoms with Crippen molar-refractivity contribution in [3.63, 3.8) is 0 Å². The fourth-order valence-electron chi connectivity index (χ4n) is 2.52. The van der Waals surface area contributed by atoms with Crippen molar-refractivity contribution in [1.29, 1.82) is 0 Å². The molecule has 0 aliphatic rings. The van der Waals surface area contributed by atoms with E-state index in [2.05, 4.69) is 13.8 Å². The number of hydrogen-bond donors (Lipinski definition) is 2. The minimum absolute atomic E-state index is 0.299. The van der Waals surface area contributed by atoms with Crippen molar-refractivity contribution >= 4 is 0 Å². The minimum Gasteiger partial charge on any atom is -0.393 e. The first-order valence-corrected chi connectivity index (χ1v) is 8.56. The lowest BCUT2D eigenvalue weighted by atomic mass is 10.0. The Balaban J connectivity index is 3.33. The zero-order valence-corrected chi connectivity index (χ0v) is 13.2. The standard InChI is InChI=1S/C17H36O2/c1-3-5-7-9-10-12-14-17(19)15-16(18)13-11-8-6-4-2/h16-19H,3-15H2,1-2H3/t16-,17-/m1/s1. The van der Waals surface area contributed by atoms with Gasteiger partial charge in [-0.25, -0.2) is 0 Å². The van der Waals surface area contributed by atoms with Gasteiger partial charge in [0.25, 0.3) is 0 Å². The SMILES string of the molecule is CCCCCCCC[C@@H](O)C[C@H](O)CCCCCC. The van der Waals surface area contributed by atoms with E-state index in [1.807, 2.05) is 0 Å². The van der Waals surface area contributed by atoms with E-state index < -0.39 is 0 Å². The third kappa shape index (κ3) is 14.1. The zero-order valence-electron chi connectivity index (χ0n) is 13.2. The second-order valence-corrected chi connectivity index (χ2v) is 5.95. The van der Waals surface area contributed by atoms with Crippen LogP contribution in [0.1, 0.15) is 97.3 Å². The van der Waals surface area contributed by atoms with Gasteiger partial charge in [0.05, 0.1) is 12.2 Å². The van der Waals surface area contributed by atoms with E-state index in [9.17, 15) is 10.2 Å². The first kappa shape index (κ1) is 18.9. The highest BCUT2D eigenvalue weighted by molar-refractivity contribution is 4.64. The van der Waals surface area contributed by atoms with Crippen LogP contribution in [-0.2, 0) is 0 Å². The van der Waals surface area contributed by atoms with Crippen LogP contribution in [0.2, 0.25) is 0 Å². The molecule has 0 unspecified atom stereocenters. The van der Waals surface area contributed by atoms with Gasteiger partial charge in [-0.1, -0.05) is 78.1 Å². The van der Waals surface area contributed by atoms with Crippen molar-refractivity contribution < 1.29 is 10.2 Å². The van der Waals surface area contributed by atoms with Gasteiger partial charge in [-0.3, -0.25) is 0 Å². The molecule has 0 aromatic carbocycles. The van der Waals surface area contributed by atoms with Crippen molar-refractivity contribution in [3.05, 3.63) is 0 Å². The molecule has 0 fully saturated rings. The Morgan fingerprint density at radius 2 is 0.947 bits per heavy atom. The maximum atomic E-state index is 9.86. The summed E-state index contributed by atoms with van der Waals surface area (Å²) in [7, 11) is 0. The summed E-state index contributed by atoms with van der Waals surface area (Å²) in [6.45, 7) is 4.42. The third-order valence-electron chi connectivity index (χ3n) is 3.83. The normalized spacial score (nSPS) is 14.5. The van der Waals surface area contributed by atoms with E-state index in [1.165, 1.54) is 51.4 Å². The molecule has 0 saturated carbocycles. The van der Waals surface area contributed by atoms with E-state index in [4.69, 9.17) is 0 Å². The maximum absolute atomic E-state index is 9.86. The smallest absolute Gasteiger partial charge is 0.0564 e. The summed E-state index contributed by atoms with van der Waals surface area (Å²) in [5.41, 5.74) is 0. The lowest BCUT2D eigenvalue weighted by Crippen LogP contribution is -2.17. The van der Waals surface area contributed by atoms with Crippen LogP contribution < -0.4 is 0 Å². The van der Waals surface area contributed by atoms with E-state index in [-0.39, 0.29) is 12.2 Å². The van der Waals surface area contributed by atoms with Crippen molar-refractivity contribution in [1.82, 2.24) is 0 Å². The minimum atomic E-state index is -0.299. The maximum Gasteiger partial charge on any atom is 0.0564 e. The van der Waals surface area contributed by atoms with Crippen LogP contribution in [-0.4, -0.2) is 22.4 Å². The third-order valence-corrected chi connectivity index (χ3v) is 3.83. The van der Waals surface area contributed by atoms with Crippen molar-refractivity contribution in [2.75, 3.05) is 0 Å². The summed E-state index contributed by atoms with van der Waals surface area (Å²) < 4.78 is 0. The first-order chi connectivity index (χ1) is 9.20. The van der Waals surface area contributed by atoms with Crippen molar-refractivity contribution in [3.8, 4) is 0 Å². The van der Waals surface area contributed by atoms with E-state index in [0.29, 0.717) is 6.42 Å². The molecule has 2 heteroatoms. The molecule has 0 spiro atoms. The highest BCUT2D eigenvalue weighted by Gasteiger charge is 2.11. The molecule has 0 aliphatic heterocycles. The second-order valence-electron chi connectivity index (χ2n) is 5.95. The van der Waals surface area contributed by atoms with Crippen LogP contribution in [0.25, 0.3) is 0 Å². The topological polar surface area (TPSA) is 40.5 Å². The molecule has 2 N–H and O–H groups in total. The Labute approximate surface area is 120 Å². The quantitative estimate of drug-likeness (QED) is 0.445. The molecule has 0 radical (unpaired) electrons. The van der Waals surface area contributed by atoms with Gasteiger partial charge in [-0.2, -0.15) is 0 Å². The predicted molar refractivity (Wildman–Crippen MR) is 83.4 cm³/mol. The summed E-state index contributed by atoms with van der Waals surface area (Å²) in [4.78, 5) is 0. The summed E-state index contributed by atoms with van der Waals surface area (Å²) in [6, 6.07) is 0. The second kappa shape index (κ2) is 14.3. The Hall–Kier alpha value is -0.0800. The lowest BCUT2D eigenvalue weighted by Gasteiger charge is -2.15. The van der Waals surface area contributed by atoms with Gasteiger partial charge in [-0.15, -0.1) is 0 Å². The zero-order chi connectivity index (χ0) is 14.3. The summed E-state index contributed by atoms with van der Waals surface area (Å²) in [6.07, 6.45) is 14.0. The monoisotopic (exact) mass is 272 g/mol. The van der Waals surface area contributed by atoms with Crippen LogP contribution >= 0.6 is 0 Å². The Morgan fingerprint density at radius 3 is 1.42 bits per heavy atom. The molecule has 0 aliphatic carbocycles. The van der Waals surface area contributed by atoms with Crippen LogP contribution in [0.3, 0.4) is 0 Å². The van der Waals surface area contributed by atoms with Gasteiger partial charge < -0.3 is 10.2 Å². The van der Waals surface area contributed by atoms with E-state index in [1.54, 1.807) is 0 Å². The molecule has 0 bridgehead atoms. The Bertz CT molecular complexity index is 171. The van der Waals surface area contributed by atoms with Crippen molar-refractivity contribution in [2.45, 2.75) is 110 Å². The van der Waals surface area contributed by atoms with Gasteiger partial charge in [0.15, 0.2) is 0 Å². The molecule has 2 atom stereocenters. The molecule has 0 amide bonds. The summed E-state index contributed by atoms with van der Waals surface area (Å²) in [5, 5.41) is 19.7. The molecule has 0 heterocycles. The van der Waals surface area contributed by atoms with Crippen LogP contribution in [0.5, 0.6) is 0 Å². The van der Waals surface area contributed by atoms with Gasteiger partial charge in [-0.05, 0) is 19.3 Å². The molecule has 0 aromatic rings. The van der Waals surface area contributed by atoms with Gasteiger partial charge in [0.1, 0.15) is 0 Å². The average Bonchev–Trinajstić information content (AvgIpc) is 2.39. The predicted octanol–water partition coefficient (Wildman–Crippen LogP) is 4.82. The first-order valence-electron chi connectivity index (χ1n) is 8.56. The van der Waals surface area contributed by atoms with Crippen LogP contribution in [0.15, 0.2) is 0 Å². The molecular weight excluding hydrogens is 236 g/mol. The largest absolute Gasteiger partial charge is 0.393 e. The number of rotatable bonds is 14. The van der Waals surface area contributed by atoms with Crippen molar-refractivity contribution in [2.24, 2.45) is 0 Å². The molecular formula is C17H36O2. The fraction of sp³-hybridized carbons (Fsp3) is 1.00. The molecule has 0 rings (SSSR count).